The highest BCUT2D eigenvalue weighted by atomic mass is 16.3. The zero-order valence-corrected chi connectivity index (χ0v) is 26.5. The molecule has 0 amide bonds. The molecule has 3 aliphatic rings. The summed E-state index contributed by atoms with van der Waals surface area (Å²) in [7, 11) is 3.75. The molecule has 1 aromatic heterocycles. The zero-order chi connectivity index (χ0) is 31.2. The molecule has 5 N–H and O–H groups in total. The minimum absolute atomic E-state index is 0.0369. The molecular weight excluding hydrogens is 518 g/mol. The van der Waals surface area contributed by atoms with Crippen LogP contribution in [0.5, 0.6) is 0 Å². The largest absolute Gasteiger partial charge is 0.512 e. The van der Waals surface area contributed by atoms with Gasteiger partial charge >= 0.3 is 0 Å². The van der Waals surface area contributed by atoms with Gasteiger partial charge in [0.05, 0.1) is 16.9 Å². The lowest BCUT2D eigenvalue weighted by Gasteiger charge is -2.50. The van der Waals surface area contributed by atoms with Crippen molar-refractivity contribution in [1.82, 2.24) is 10.3 Å². The number of nitrogens with zero attached hydrogens (tertiary/aromatic N) is 1. The van der Waals surface area contributed by atoms with E-state index in [0.29, 0.717) is 24.5 Å². The normalized spacial score (nSPS) is 22.2. The number of aryl methyl sites for hydroxylation is 1. The summed E-state index contributed by atoms with van der Waals surface area (Å²) in [6.45, 7) is 17.9. The first-order chi connectivity index (χ1) is 20.1. The van der Waals surface area contributed by atoms with E-state index in [9.17, 15) is 10.2 Å². The Bertz CT molecular complexity index is 1520. The average Bonchev–Trinajstić information content (AvgIpc) is 2.97. The molecule has 1 heterocycles. The average molecular weight is 568 g/mol. The number of hydrogen-bond acceptors (Lipinski definition) is 5. The predicted molar refractivity (Wildman–Crippen MR) is 179 cm³/mol. The van der Waals surface area contributed by atoms with Crippen LogP contribution >= 0.6 is 0 Å². The smallest absolute Gasteiger partial charge is 0.0930 e. The van der Waals surface area contributed by atoms with E-state index in [1.165, 1.54) is 34.0 Å². The van der Waals surface area contributed by atoms with Crippen molar-refractivity contribution in [1.29, 1.82) is 0 Å². The summed E-state index contributed by atoms with van der Waals surface area (Å²) in [5.41, 5.74) is 15.1. The number of aliphatic hydroxyl groups excluding tert-OH is 1. The number of benzene rings is 2. The Morgan fingerprint density at radius 2 is 1.71 bits per heavy atom. The van der Waals surface area contributed by atoms with E-state index in [0.717, 1.165) is 46.0 Å². The summed E-state index contributed by atoms with van der Waals surface area (Å²) >= 11 is 0. The molecule has 0 saturated heterocycles. The molecule has 1 unspecified atom stereocenters. The summed E-state index contributed by atoms with van der Waals surface area (Å²) in [4.78, 5) is 4.72. The molecule has 224 valence electrons. The second-order valence-electron chi connectivity index (χ2n) is 11.3. The molecule has 3 aromatic rings. The van der Waals surface area contributed by atoms with Crippen LogP contribution in [0.25, 0.3) is 27.6 Å². The van der Waals surface area contributed by atoms with Crippen LogP contribution in [0.15, 0.2) is 90.5 Å². The lowest BCUT2D eigenvalue weighted by molar-refractivity contribution is -0.0158. The van der Waals surface area contributed by atoms with E-state index in [4.69, 9.17) is 4.98 Å². The molecule has 2 aromatic carbocycles. The standard InChI is InChI=1S/C31H31NO2.C2H7N.C2H5N.C2H6/c1-17-9-10-25(23-11-21-7-5-6-8-27(21)32-16-23)26-13-22-12-24-14-28(33)18(2)15-31(24,34)20(4)30(22)19(3)29(17)26;1-3-2;1-2-3;1-2/h5-11,16,22,24,33-34H,3,12-15H2,1-2,4H3;3H,1-2H3;2H,1,3H2;1-2H3/t22?,24-,31+;;;/m0.../s1. The second-order valence-corrected chi connectivity index (χ2v) is 11.3. The molecule has 0 fully saturated rings. The van der Waals surface area contributed by atoms with Crippen molar-refractivity contribution in [2.45, 2.75) is 65.9 Å². The number of aromatic nitrogens is 1. The van der Waals surface area contributed by atoms with Crippen LogP contribution in [0.3, 0.4) is 0 Å². The third-order valence-electron chi connectivity index (χ3n) is 8.67. The highest BCUT2D eigenvalue weighted by Gasteiger charge is 2.50. The van der Waals surface area contributed by atoms with E-state index in [-0.39, 0.29) is 5.92 Å². The Labute approximate surface area is 252 Å². The Kier molecular flexibility index (Phi) is 10.9. The van der Waals surface area contributed by atoms with Crippen LogP contribution in [0, 0.1) is 18.8 Å². The molecule has 0 radical (unpaired) electrons. The van der Waals surface area contributed by atoms with Gasteiger partial charge in [0.25, 0.3) is 0 Å². The van der Waals surface area contributed by atoms with Crippen molar-refractivity contribution in [3.05, 3.63) is 107 Å². The molecule has 0 bridgehead atoms. The number of nitrogens with one attached hydrogen (secondary N) is 1. The molecule has 42 heavy (non-hydrogen) atoms. The van der Waals surface area contributed by atoms with E-state index in [1.54, 1.807) is 0 Å². The fourth-order valence-corrected chi connectivity index (χ4v) is 6.87. The maximum absolute atomic E-state index is 11.8. The SMILES string of the molecule is C=C1C2=C(C)[C@]3(O)CC(C)=C(O)C[C@@H]3CC2Cc2c(-c3cnc4ccccc4c3)ccc(C)c21.C=CN.CC.CNC. The van der Waals surface area contributed by atoms with Crippen molar-refractivity contribution in [3.63, 3.8) is 0 Å². The number of pyridine rings is 1. The van der Waals surface area contributed by atoms with Crippen molar-refractivity contribution in [2.75, 3.05) is 14.1 Å². The van der Waals surface area contributed by atoms with Gasteiger partial charge in [0.15, 0.2) is 0 Å². The molecule has 3 aliphatic carbocycles. The number of fused-ring (bicyclic) bond motifs is 4. The van der Waals surface area contributed by atoms with Gasteiger partial charge in [0.1, 0.15) is 0 Å². The maximum atomic E-state index is 11.8. The molecule has 0 spiro atoms. The number of nitrogens with two attached hydrogens (primary N) is 1. The number of para-hydroxylation sites is 1. The third kappa shape index (κ3) is 6.08. The van der Waals surface area contributed by atoms with Crippen molar-refractivity contribution >= 4 is 16.5 Å². The Morgan fingerprint density at radius 1 is 1.07 bits per heavy atom. The second kappa shape index (κ2) is 14.0. The Hall–Kier alpha value is -3.67. The van der Waals surface area contributed by atoms with E-state index in [2.05, 4.69) is 68.4 Å². The molecule has 3 atom stereocenters. The summed E-state index contributed by atoms with van der Waals surface area (Å²) in [5, 5.41) is 26.2. The quantitative estimate of drug-likeness (QED) is 0.239. The summed E-state index contributed by atoms with van der Waals surface area (Å²) in [5.74, 6) is 0.792. The van der Waals surface area contributed by atoms with Crippen molar-refractivity contribution in [3.8, 4) is 11.1 Å². The van der Waals surface area contributed by atoms with Crippen molar-refractivity contribution < 1.29 is 10.2 Å². The number of rotatable bonds is 1. The first-order valence-electron chi connectivity index (χ1n) is 15.0. The van der Waals surface area contributed by atoms with Crippen LogP contribution in [-0.2, 0) is 6.42 Å². The van der Waals surface area contributed by atoms with Gasteiger partial charge < -0.3 is 21.3 Å². The lowest BCUT2D eigenvalue weighted by atomic mass is 9.57. The molecule has 5 nitrogen and oxygen atoms in total. The van der Waals surface area contributed by atoms with E-state index >= 15 is 0 Å². The predicted octanol–water partition coefficient (Wildman–Crippen LogP) is 8.04. The lowest BCUT2D eigenvalue weighted by Crippen LogP contribution is -2.48. The van der Waals surface area contributed by atoms with Gasteiger partial charge in [0.2, 0.25) is 0 Å². The van der Waals surface area contributed by atoms with Gasteiger partial charge in [-0.15, -0.1) is 0 Å². The van der Waals surface area contributed by atoms with Gasteiger partial charge in [0, 0.05) is 30.0 Å². The van der Waals surface area contributed by atoms with E-state index < -0.39 is 5.60 Å². The fraction of sp³-hybridized carbons (Fsp3) is 0.378. The Balaban J connectivity index is 0.000000550. The number of aliphatic hydroxyl groups is 2. The molecule has 6 rings (SSSR count). The van der Waals surface area contributed by atoms with Gasteiger partial charge in [-0.05, 0) is 122 Å². The number of hydrogen-bond donors (Lipinski definition) is 4. The van der Waals surface area contributed by atoms with Gasteiger partial charge in [-0.1, -0.05) is 57.3 Å². The molecular formula is C37H49N3O2. The molecule has 5 heteroatoms. The Morgan fingerprint density at radius 3 is 2.38 bits per heavy atom. The van der Waals surface area contributed by atoms with Crippen molar-refractivity contribution in [2.24, 2.45) is 17.6 Å². The maximum Gasteiger partial charge on any atom is 0.0930 e. The van der Waals surface area contributed by atoms with Crippen LogP contribution < -0.4 is 11.1 Å². The summed E-state index contributed by atoms with van der Waals surface area (Å²) in [6.07, 6.45) is 6.08. The minimum Gasteiger partial charge on any atom is -0.512 e. The molecule has 0 saturated carbocycles. The monoisotopic (exact) mass is 567 g/mol. The first-order valence-corrected chi connectivity index (χ1v) is 15.0. The summed E-state index contributed by atoms with van der Waals surface area (Å²) in [6, 6.07) is 14.9. The fourth-order valence-electron chi connectivity index (χ4n) is 6.87. The first kappa shape index (κ1) is 32.8. The van der Waals surface area contributed by atoms with Crippen LogP contribution in [0.1, 0.15) is 63.6 Å². The highest BCUT2D eigenvalue weighted by Crippen LogP contribution is 2.56. The van der Waals surface area contributed by atoms with Gasteiger partial charge in [-0.25, -0.2) is 0 Å². The van der Waals surface area contributed by atoms with Gasteiger partial charge in [-0.3, -0.25) is 4.98 Å². The third-order valence-corrected chi connectivity index (χ3v) is 8.67. The van der Waals surface area contributed by atoms with Crippen LogP contribution in [0.4, 0.5) is 0 Å². The van der Waals surface area contributed by atoms with Crippen LogP contribution in [0.2, 0.25) is 0 Å². The summed E-state index contributed by atoms with van der Waals surface area (Å²) < 4.78 is 0. The number of allylic oxidation sites excluding steroid dienone is 3. The molecule has 0 aliphatic heterocycles. The zero-order valence-electron chi connectivity index (χ0n) is 26.5. The van der Waals surface area contributed by atoms with Crippen LogP contribution in [-0.4, -0.2) is 34.9 Å². The van der Waals surface area contributed by atoms with Gasteiger partial charge in [-0.2, -0.15) is 0 Å². The highest BCUT2D eigenvalue weighted by molar-refractivity contribution is 5.90. The minimum atomic E-state index is -0.892. The topological polar surface area (TPSA) is 91.4 Å². The van der Waals surface area contributed by atoms with E-state index in [1.807, 2.05) is 53.2 Å².